The number of aliphatic hydroxyl groups is 6. The van der Waals surface area contributed by atoms with E-state index in [-0.39, 0.29) is 58.2 Å². The lowest BCUT2D eigenvalue weighted by Crippen LogP contribution is -2.39. The molecule has 0 aliphatic heterocycles. The first-order valence-corrected chi connectivity index (χ1v) is 23.8. The number of hydrogen-bond donors (Lipinski definition) is 7. The number of esters is 2. The highest BCUT2D eigenvalue weighted by Gasteiger charge is 2.29. The summed E-state index contributed by atoms with van der Waals surface area (Å²) in [7, 11) is 1.19. The van der Waals surface area contributed by atoms with E-state index in [1.807, 2.05) is 28.1 Å². The molecule has 0 heterocycles. The number of rotatable bonds is 40. The zero-order chi connectivity index (χ0) is 43.8. The highest BCUT2D eigenvalue weighted by atomic mass is 31.2. The van der Waals surface area contributed by atoms with Gasteiger partial charge in [-0.05, 0) is 25.7 Å². The molecule has 0 aliphatic rings. The molecule has 0 aromatic heterocycles. The van der Waals surface area contributed by atoms with Gasteiger partial charge in [0.1, 0.15) is 19.8 Å². The van der Waals surface area contributed by atoms with Crippen molar-refractivity contribution in [2.75, 3.05) is 47.5 Å². The molecular formula is C42H85NO14P+. The molecule has 0 radical (unpaired) electrons. The zero-order valence-electron chi connectivity index (χ0n) is 36.7. The fraction of sp³-hybridized carbons (Fsp3) is 0.952. The van der Waals surface area contributed by atoms with Crippen LogP contribution in [0.1, 0.15) is 168 Å². The molecule has 0 rings (SSSR count). The third-order valence-electron chi connectivity index (χ3n) is 10.2. The van der Waals surface area contributed by atoms with E-state index >= 15 is 0 Å². The molecule has 346 valence electrons. The number of phosphoric acid groups is 1. The number of aliphatic hydroxyl groups excluding tert-OH is 6. The average Bonchev–Trinajstić information content (AvgIpc) is 3.15. The molecule has 0 saturated carbocycles. The van der Waals surface area contributed by atoms with Gasteiger partial charge in [0.25, 0.3) is 0 Å². The highest BCUT2D eigenvalue weighted by Crippen LogP contribution is 2.43. The summed E-state index contributed by atoms with van der Waals surface area (Å²) in [6.07, 6.45) is 9.28. The molecule has 15 nitrogen and oxygen atoms in total. The Balaban J connectivity index is 4.74. The van der Waals surface area contributed by atoms with Crippen molar-refractivity contribution in [2.45, 2.75) is 211 Å². The summed E-state index contributed by atoms with van der Waals surface area (Å²) in [4.78, 5) is 35.4. The van der Waals surface area contributed by atoms with Crippen molar-refractivity contribution in [3.63, 3.8) is 0 Å². The van der Waals surface area contributed by atoms with Crippen LogP contribution in [0.2, 0.25) is 0 Å². The van der Waals surface area contributed by atoms with Crippen LogP contribution in [0.25, 0.3) is 0 Å². The summed E-state index contributed by atoms with van der Waals surface area (Å²) in [6.45, 7) is 3.69. The minimum atomic E-state index is -4.50. The number of likely N-dealkylation sites (N-methyl/N-ethyl adjacent to an activating group) is 1. The van der Waals surface area contributed by atoms with Crippen LogP contribution in [0.4, 0.5) is 0 Å². The van der Waals surface area contributed by atoms with Crippen molar-refractivity contribution in [2.24, 2.45) is 0 Å². The Labute approximate surface area is 350 Å². The third kappa shape index (κ3) is 33.5. The monoisotopic (exact) mass is 859 g/mol. The molecule has 0 aromatic rings. The maximum atomic E-state index is 12.7. The second-order valence-electron chi connectivity index (χ2n) is 17.0. The van der Waals surface area contributed by atoms with Crippen molar-refractivity contribution in [3.8, 4) is 0 Å². The number of ether oxygens (including phenoxy) is 2. The van der Waals surface area contributed by atoms with E-state index in [2.05, 4.69) is 6.92 Å². The summed E-state index contributed by atoms with van der Waals surface area (Å²) in [5, 5.41) is 61.7. The second kappa shape index (κ2) is 34.4. The van der Waals surface area contributed by atoms with Crippen LogP contribution in [-0.4, -0.2) is 142 Å². The number of hydrogen-bond acceptors (Lipinski definition) is 13. The van der Waals surface area contributed by atoms with Gasteiger partial charge in [0, 0.05) is 25.7 Å². The van der Waals surface area contributed by atoms with Crippen LogP contribution >= 0.6 is 7.82 Å². The largest absolute Gasteiger partial charge is 0.472 e. The van der Waals surface area contributed by atoms with Gasteiger partial charge in [-0.2, -0.15) is 0 Å². The first-order valence-electron chi connectivity index (χ1n) is 22.3. The summed E-state index contributed by atoms with van der Waals surface area (Å²) in [5.41, 5.74) is 0. The number of unbranched alkanes of at least 4 members (excludes halogenated alkanes) is 15. The number of nitrogens with zero attached hydrogens (tertiary/aromatic N) is 1. The van der Waals surface area contributed by atoms with Gasteiger partial charge in [0.2, 0.25) is 0 Å². The van der Waals surface area contributed by atoms with E-state index in [4.69, 9.17) is 18.5 Å². The van der Waals surface area contributed by atoms with Crippen molar-refractivity contribution in [1.82, 2.24) is 0 Å². The lowest BCUT2D eigenvalue weighted by Gasteiger charge is -2.26. The van der Waals surface area contributed by atoms with E-state index in [1.165, 1.54) is 57.8 Å². The molecule has 7 N–H and O–H groups in total. The predicted molar refractivity (Wildman–Crippen MR) is 224 cm³/mol. The number of quaternary nitrogens is 1. The van der Waals surface area contributed by atoms with Gasteiger partial charge in [-0.15, -0.1) is 0 Å². The average molecular weight is 859 g/mol. The van der Waals surface area contributed by atoms with E-state index < -0.39 is 69.1 Å². The molecule has 16 heteroatoms. The molecule has 0 bridgehead atoms. The molecule has 0 aromatic carbocycles. The second-order valence-corrected chi connectivity index (χ2v) is 18.5. The Hall–Kier alpha value is -1.23. The minimum Gasteiger partial charge on any atom is -0.462 e. The van der Waals surface area contributed by atoms with Gasteiger partial charge in [-0.25, -0.2) is 4.57 Å². The van der Waals surface area contributed by atoms with Crippen molar-refractivity contribution in [3.05, 3.63) is 0 Å². The van der Waals surface area contributed by atoms with E-state index in [0.29, 0.717) is 23.9 Å². The minimum absolute atomic E-state index is 0.0532. The lowest BCUT2D eigenvalue weighted by molar-refractivity contribution is -0.870. The van der Waals surface area contributed by atoms with Gasteiger partial charge in [-0.3, -0.25) is 18.6 Å². The van der Waals surface area contributed by atoms with Gasteiger partial charge < -0.3 is 49.5 Å². The van der Waals surface area contributed by atoms with Gasteiger partial charge in [0.15, 0.2) is 6.10 Å². The Kier molecular flexibility index (Phi) is 33.6. The molecule has 7 unspecified atom stereocenters. The lowest BCUT2D eigenvalue weighted by atomic mass is 9.94. The number of carbonyl (C=O) groups excluding carboxylic acids is 2. The van der Waals surface area contributed by atoms with Crippen LogP contribution < -0.4 is 0 Å². The van der Waals surface area contributed by atoms with Crippen molar-refractivity contribution < 1.29 is 72.7 Å². The molecular weight excluding hydrogens is 773 g/mol. The molecule has 0 spiro atoms. The predicted octanol–water partition coefficient (Wildman–Crippen LogP) is 5.85. The molecule has 0 amide bonds. The summed E-state index contributed by atoms with van der Waals surface area (Å²) >= 11 is 0. The quantitative estimate of drug-likeness (QED) is 0.0166. The third-order valence-corrected chi connectivity index (χ3v) is 11.2. The first-order chi connectivity index (χ1) is 27.4. The topological polar surface area (TPSA) is 230 Å². The van der Waals surface area contributed by atoms with Crippen LogP contribution in [0.15, 0.2) is 0 Å². The number of phosphoric ester groups is 1. The van der Waals surface area contributed by atoms with Gasteiger partial charge in [0.05, 0.1) is 64.4 Å². The first kappa shape index (κ1) is 56.8. The fourth-order valence-corrected chi connectivity index (χ4v) is 7.03. The van der Waals surface area contributed by atoms with Gasteiger partial charge >= 0.3 is 19.8 Å². The van der Waals surface area contributed by atoms with Crippen LogP contribution in [0.5, 0.6) is 0 Å². The summed E-state index contributed by atoms with van der Waals surface area (Å²) in [6, 6.07) is 0. The summed E-state index contributed by atoms with van der Waals surface area (Å²) < 4.78 is 33.9. The smallest absolute Gasteiger partial charge is 0.462 e. The highest BCUT2D eigenvalue weighted by molar-refractivity contribution is 7.47. The maximum Gasteiger partial charge on any atom is 0.472 e. The Morgan fingerprint density at radius 1 is 0.534 bits per heavy atom. The SMILES string of the molecule is CCCCCCCCCCCCCCCC(=O)OC[C@H](COP(=O)(O)OCC[N+](C)(C)C)OC(=O)CCCCC(O)C(O)CC(O)C(O)CC(O)C(O)CCCCC. The molecule has 0 aliphatic carbocycles. The normalized spacial score (nSPS) is 16.8. The zero-order valence-corrected chi connectivity index (χ0v) is 37.6. The molecule has 8 atom stereocenters. The van der Waals surface area contributed by atoms with E-state index in [0.717, 1.165) is 38.5 Å². The number of carbonyl (C=O) groups is 2. The van der Waals surface area contributed by atoms with Crippen molar-refractivity contribution >= 4 is 19.8 Å². The Morgan fingerprint density at radius 2 is 0.931 bits per heavy atom. The summed E-state index contributed by atoms with van der Waals surface area (Å²) in [5.74, 6) is -1.17. The molecule has 0 saturated heterocycles. The Bertz CT molecular complexity index is 1060. The maximum absolute atomic E-state index is 12.7. The van der Waals surface area contributed by atoms with Crippen LogP contribution in [0, 0.1) is 0 Å². The van der Waals surface area contributed by atoms with Crippen molar-refractivity contribution in [1.29, 1.82) is 0 Å². The van der Waals surface area contributed by atoms with E-state index in [1.54, 1.807) is 0 Å². The van der Waals surface area contributed by atoms with E-state index in [9.17, 15) is 49.7 Å². The van der Waals surface area contributed by atoms with Crippen LogP contribution in [-0.2, 0) is 32.7 Å². The molecule has 58 heavy (non-hydrogen) atoms. The Morgan fingerprint density at radius 3 is 1.41 bits per heavy atom. The standard InChI is InChI=1S/C42H84NO14P/c1-6-8-10-11-12-13-14-15-16-17-18-19-21-26-41(50)54-32-34(33-56-58(52,53)55-29-28-43(3,4)5)57-42(51)27-23-22-25-36(45)38(47)31-40(49)39(48)30-37(46)35(44)24-20-9-7-2/h34-40,44-49H,6-33H2,1-5H3/p+1/t34-,35?,36?,37?,38?,39?,40?/m1/s1. The van der Waals surface area contributed by atoms with Crippen LogP contribution in [0.3, 0.4) is 0 Å². The van der Waals surface area contributed by atoms with Gasteiger partial charge in [-0.1, -0.05) is 117 Å². The fourth-order valence-electron chi connectivity index (χ4n) is 6.29. The molecule has 0 fully saturated rings.